The third-order valence-electron chi connectivity index (χ3n) is 6.16. The van der Waals surface area contributed by atoms with E-state index in [1.807, 2.05) is 26.2 Å². The Morgan fingerprint density at radius 1 is 0.900 bits per heavy atom. The van der Waals surface area contributed by atoms with Gasteiger partial charge in [0.1, 0.15) is 5.82 Å². The average Bonchev–Trinajstić information content (AvgIpc) is 2.75. The summed E-state index contributed by atoms with van der Waals surface area (Å²) in [4.78, 5) is 11.6. The van der Waals surface area contributed by atoms with E-state index in [1.54, 1.807) is 0 Å². The van der Waals surface area contributed by atoms with Crippen LogP contribution in [0.1, 0.15) is 36.8 Å². The fraction of sp³-hybridized carbons (Fsp3) is 0.440. The highest BCUT2D eigenvalue weighted by Gasteiger charge is 2.22. The second kappa shape index (κ2) is 9.43. The van der Waals surface area contributed by atoms with Crippen molar-refractivity contribution in [2.45, 2.75) is 51.1 Å². The van der Waals surface area contributed by atoms with Crippen LogP contribution in [0.3, 0.4) is 0 Å². The minimum atomic E-state index is 0.440. The number of aryl methyl sites for hydroxylation is 1. The minimum absolute atomic E-state index is 0.440. The molecule has 0 atom stereocenters. The topological polar surface area (TPSA) is 53.1 Å². The van der Waals surface area contributed by atoms with Gasteiger partial charge in [0.05, 0.1) is 5.52 Å². The lowest BCUT2D eigenvalue weighted by atomic mass is 9.91. The zero-order chi connectivity index (χ0) is 20.9. The maximum Gasteiger partial charge on any atom is 0.225 e. The van der Waals surface area contributed by atoms with Crippen LogP contribution in [0.5, 0.6) is 0 Å². The molecule has 1 fully saturated rings. The van der Waals surface area contributed by atoms with Crippen LogP contribution in [0.15, 0.2) is 48.5 Å². The molecule has 1 aliphatic carbocycles. The molecular formula is C25H33N5. The molecule has 2 N–H and O–H groups in total. The smallest absolute Gasteiger partial charge is 0.225 e. The number of benzene rings is 2. The van der Waals surface area contributed by atoms with Crippen LogP contribution in [-0.2, 0) is 6.42 Å². The summed E-state index contributed by atoms with van der Waals surface area (Å²) in [6.07, 6.45) is 5.78. The Bertz CT molecular complexity index is 976. The normalized spacial score (nSPS) is 19.0. The van der Waals surface area contributed by atoms with E-state index in [-0.39, 0.29) is 0 Å². The molecule has 1 saturated carbocycles. The number of rotatable bonds is 7. The van der Waals surface area contributed by atoms with Crippen molar-refractivity contribution >= 4 is 22.7 Å². The van der Waals surface area contributed by atoms with Crippen LogP contribution in [0.25, 0.3) is 10.9 Å². The van der Waals surface area contributed by atoms with Gasteiger partial charge >= 0.3 is 0 Å². The summed E-state index contributed by atoms with van der Waals surface area (Å²) < 4.78 is 0. The highest BCUT2D eigenvalue weighted by atomic mass is 15.2. The number of hydrogen-bond donors (Lipinski definition) is 2. The largest absolute Gasteiger partial charge is 0.362 e. The van der Waals surface area contributed by atoms with Gasteiger partial charge in [0.2, 0.25) is 5.95 Å². The van der Waals surface area contributed by atoms with Crippen molar-refractivity contribution in [2.75, 3.05) is 30.9 Å². The van der Waals surface area contributed by atoms with E-state index in [1.165, 1.54) is 24.0 Å². The lowest BCUT2D eigenvalue weighted by Crippen LogP contribution is -2.38. The summed E-state index contributed by atoms with van der Waals surface area (Å²) in [6.45, 7) is 3.25. The first-order chi connectivity index (χ1) is 14.6. The van der Waals surface area contributed by atoms with Gasteiger partial charge in [-0.3, -0.25) is 0 Å². The lowest BCUT2D eigenvalue weighted by Gasteiger charge is -2.30. The Morgan fingerprint density at radius 2 is 1.60 bits per heavy atom. The van der Waals surface area contributed by atoms with E-state index in [9.17, 15) is 0 Å². The van der Waals surface area contributed by atoms with Crippen LogP contribution in [0.2, 0.25) is 0 Å². The molecule has 0 aliphatic heterocycles. The Balaban J connectivity index is 1.30. The summed E-state index contributed by atoms with van der Waals surface area (Å²) >= 11 is 0. The van der Waals surface area contributed by atoms with Crippen molar-refractivity contribution in [1.29, 1.82) is 0 Å². The number of nitrogens with one attached hydrogen (secondary N) is 2. The molecule has 0 spiro atoms. The van der Waals surface area contributed by atoms with E-state index in [2.05, 4.69) is 58.9 Å². The number of anilines is 2. The van der Waals surface area contributed by atoms with Crippen molar-refractivity contribution in [3.63, 3.8) is 0 Å². The van der Waals surface area contributed by atoms with E-state index < -0.39 is 0 Å². The molecule has 4 rings (SSSR count). The first-order valence-electron chi connectivity index (χ1n) is 11.1. The highest BCUT2D eigenvalue weighted by molar-refractivity contribution is 5.90. The zero-order valence-corrected chi connectivity index (χ0v) is 18.4. The van der Waals surface area contributed by atoms with E-state index >= 15 is 0 Å². The van der Waals surface area contributed by atoms with Crippen molar-refractivity contribution in [3.05, 3.63) is 59.7 Å². The van der Waals surface area contributed by atoms with Gasteiger partial charge in [0.15, 0.2) is 0 Å². The first kappa shape index (κ1) is 20.6. The summed E-state index contributed by atoms with van der Waals surface area (Å²) in [6, 6.07) is 18.0. The number of aromatic nitrogens is 2. The molecular weight excluding hydrogens is 370 g/mol. The van der Waals surface area contributed by atoms with Crippen LogP contribution in [0, 0.1) is 6.92 Å². The van der Waals surface area contributed by atoms with Crippen LogP contribution >= 0.6 is 0 Å². The SMILES string of the molecule is Cc1ccccc1CCNC1CCC(Nc2nc(N(C)C)c3ccccc3n2)CC1. The number of fused-ring (bicyclic) bond motifs is 1. The first-order valence-corrected chi connectivity index (χ1v) is 11.1. The fourth-order valence-electron chi connectivity index (χ4n) is 4.39. The monoisotopic (exact) mass is 403 g/mol. The molecule has 5 nitrogen and oxygen atoms in total. The third kappa shape index (κ3) is 4.90. The second-order valence-electron chi connectivity index (χ2n) is 8.61. The molecule has 0 radical (unpaired) electrons. The minimum Gasteiger partial charge on any atom is -0.362 e. The molecule has 2 aromatic carbocycles. The summed E-state index contributed by atoms with van der Waals surface area (Å²) in [5, 5.41) is 8.46. The van der Waals surface area contributed by atoms with Gasteiger partial charge in [-0.15, -0.1) is 0 Å². The maximum absolute atomic E-state index is 4.79. The molecule has 30 heavy (non-hydrogen) atoms. The van der Waals surface area contributed by atoms with Crippen LogP contribution < -0.4 is 15.5 Å². The molecule has 1 aromatic heterocycles. The quantitative estimate of drug-likeness (QED) is 0.606. The molecule has 0 unspecified atom stereocenters. The number of hydrogen-bond acceptors (Lipinski definition) is 5. The zero-order valence-electron chi connectivity index (χ0n) is 18.4. The van der Waals surface area contributed by atoms with Gasteiger partial charge in [-0.2, -0.15) is 4.98 Å². The van der Waals surface area contributed by atoms with Crippen molar-refractivity contribution in [3.8, 4) is 0 Å². The molecule has 1 heterocycles. The third-order valence-corrected chi connectivity index (χ3v) is 6.16. The second-order valence-corrected chi connectivity index (χ2v) is 8.61. The van der Waals surface area contributed by atoms with Gasteiger partial charge in [-0.25, -0.2) is 4.98 Å². The molecule has 158 valence electrons. The van der Waals surface area contributed by atoms with Crippen molar-refractivity contribution in [1.82, 2.24) is 15.3 Å². The van der Waals surface area contributed by atoms with Gasteiger partial charge in [0, 0.05) is 31.6 Å². The van der Waals surface area contributed by atoms with Crippen LogP contribution in [0.4, 0.5) is 11.8 Å². The molecule has 3 aromatic rings. The van der Waals surface area contributed by atoms with Gasteiger partial charge in [-0.1, -0.05) is 36.4 Å². The summed E-state index contributed by atoms with van der Waals surface area (Å²) in [5.74, 6) is 1.71. The fourth-order valence-corrected chi connectivity index (χ4v) is 4.39. The van der Waals surface area contributed by atoms with Crippen molar-refractivity contribution < 1.29 is 0 Å². The van der Waals surface area contributed by atoms with E-state index in [0.717, 1.165) is 48.5 Å². The maximum atomic E-state index is 4.79. The molecule has 0 amide bonds. The Hall–Kier alpha value is -2.66. The molecule has 1 aliphatic rings. The van der Waals surface area contributed by atoms with E-state index in [4.69, 9.17) is 9.97 Å². The lowest BCUT2D eigenvalue weighted by molar-refractivity contribution is 0.355. The Morgan fingerprint density at radius 3 is 2.37 bits per heavy atom. The average molecular weight is 404 g/mol. The predicted octanol–water partition coefficient (Wildman–Crippen LogP) is 4.56. The molecule has 0 saturated heterocycles. The van der Waals surface area contributed by atoms with Gasteiger partial charge < -0.3 is 15.5 Å². The summed E-state index contributed by atoms with van der Waals surface area (Å²) in [7, 11) is 4.07. The van der Waals surface area contributed by atoms with Gasteiger partial charge in [-0.05, 0) is 68.8 Å². The Kier molecular flexibility index (Phi) is 6.48. The standard InChI is InChI=1S/C25H33N5/c1-18-8-4-5-9-19(18)16-17-26-20-12-14-21(15-13-20)27-25-28-23-11-7-6-10-22(23)24(29-25)30(2)3/h4-11,20-21,26H,12-17H2,1-3H3,(H,27,28,29). The molecule has 5 heteroatoms. The Labute approximate surface area is 179 Å². The van der Waals surface area contributed by atoms with Crippen LogP contribution in [-0.4, -0.2) is 42.7 Å². The predicted molar refractivity (Wildman–Crippen MR) is 126 cm³/mol. The number of nitrogens with zero attached hydrogens (tertiary/aromatic N) is 3. The van der Waals surface area contributed by atoms with Gasteiger partial charge in [0.25, 0.3) is 0 Å². The molecule has 0 bridgehead atoms. The summed E-state index contributed by atoms with van der Waals surface area (Å²) in [5.41, 5.74) is 3.83. The van der Waals surface area contributed by atoms with Crippen molar-refractivity contribution in [2.24, 2.45) is 0 Å². The number of para-hydroxylation sites is 1. The van der Waals surface area contributed by atoms with E-state index in [0.29, 0.717) is 12.1 Å². The highest BCUT2D eigenvalue weighted by Crippen LogP contribution is 2.26.